The van der Waals surface area contributed by atoms with Crippen LogP contribution in [0.15, 0.2) is 82.6 Å². The number of fused-ring (bicyclic) bond motifs is 1. The Labute approximate surface area is 215 Å². The molecule has 1 atom stereocenters. The van der Waals surface area contributed by atoms with E-state index in [-0.39, 0.29) is 17.3 Å². The minimum absolute atomic E-state index is 0.208. The molecule has 1 aliphatic carbocycles. The van der Waals surface area contributed by atoms with Crippen molar-refractivity contribution in [2.75, 3.05) is 12.5 Å². The largest absolute Gasteiger partial charge is 0.486 e. The summed E-state index contributed by atoms with van der Waals surface area (Å²) < 4.78 is 31.2. The predicted octanol–water partition coefficient (Wildman–Crippen LogP) is 7.07. The topological polar surface area (TPSA) is 68.3 Å². The Morgan fingerprint density at radius 1 is 1.30 bits per heavy atom. The molecule has 1 heterocycles. The van der Waals surface area contributed by atoms with Gasteiger partial charge in [0.25, 0.3) is 0 Å². The maximum absolute atomic E-state index is 11.8. The Bertz CT molecular complexity index is 1120. The van der Waals surface area contributed by atoms with Crippen LogP contribution in [0.4, 0.5) is 0 Å². The van der Waals surface area contributed by atoms with Gasteiger partial charge in [-0.1, -0.05) is 85.6 Å². The Morgan fingerprint density at radius 2 is 2.00 bits per heavy atom. The predicted molar refractivity (Wildman–Crippen MR) is 142 cm³/mol. The lowest BCUT2D eigenvalue weighted by Crippen LogP contribution is -2.32. The van der Waals surface area contributed by atoms with Gasteiger partial charge in [0, 0.05) is 32.6 Å². The highest BCUT2D eigenvalue weighted by Gasteiger charge is 2.28. The first-order valence-electron chi connectivity index (χ1n) is 9.98. The van der Waals surface area contributed by atoms with Gasteiger partial charge in [-0.2, -0.15) is 0 Å². The van der Waals surface area contributed by atoms with Crippen LogP contribution in [0.25, 0.3) is 10.9 Å². The van der Waals surface area contributed by atoms with Crippen molar-refractivity contribution in [2.24, 2.45) is 0 Å². The third-order valence-electron chi connectivity index (χ3n) is 3.88. The van der Waals surface area contributed by atoms with Gasteiger partial charge >= 0.3 is 0 Å². The van der Waals surface area contributed by atoms with Gasteiger partial charge in [-0.3, -0.25) is 9.71 Å². The molecule has 2 aromatic rings. The van der Waals surface area contributed by atoms with Gasteiger partial charge in [0.05, 0.1) is 11.7 Å². The Hall–Kier alpha value is -1.70. The van der Waals surface area contributed by atoms with Crippen LogP contribution in [0.3, 0.4) is 0 Å². The fourth-order valence-corrected chi connectivity index (χ4v) is 4.58. The molecular weight excluding hydrogens is 526 g/mol. The standard InChI is InChI=1S/C12H10ClNO.C9H10Cl3NO2S.C2H6/c1-9(13)8-15-11-6-10-4-2-3-5-12(10)14-7-11;10-4-1-5-13-16(14,15)9-3-2-7(11)6-8(9)12;1-2/h2-7H,1,8H2;1-2,5-6,9,13H,3-4H2;1-2H3/b;5-1+;. The minimum atomic E-state index is -3.53. The number of allylic oxidation sites excluding steroid dienone is 4. The van der Waals surface area contributed by atoms with E-state index in [1.807, 2.05) is 44.2 Å². The highest BCUT2D eigenvalue weighted by Crippen LogP contribution is 2.27. The monoisotopic (exact) mass is 550 g/mol. The number of aromatic nitrogens is 1. The number of rotatable bonds is 7. The molecule has 33 heavy (non-hydrogen) atoms. The van der Waals surface area contributed by atoms with Gasteiger partial charge in [0.15, 0.2) is 0 Å². The number of para-hydroxylation sites is 1. The van der Waals surface area contributed by atoms with Crippen molar-refractivity contribution in [1.29, 1.82) is 0 Å². The molecule has 1 aromatic carbocycles. The molecule has 0 saturated carbocycles. The number of nitrogens with one attached hydrogen (secondary N) is 1. The molecule has 1 N–H and O–H groups in total. The lowest BCUT2D eigenvalue weighted by Gasteiger charge is -2.18. The summed E-state index contributed by atoms with van der Waals surface area (Å²) in [7, 11) is -3.53. The average molecular weight is 552 g/mol. The number of nitrogens with zero attached hydrogens (tertiary/aromatic N) is 1. The van der Waals surface area contributed by atoms with Crippen molar-refractivity contribution >= 4 is 67.3 Å². The first kappa shape index (κ1) is 29.3. The number of alkyl halides is 1. The molecule has 3 rings (SSSR count). The zero-order chi connectivity index (χ0) is 24.9. The van der Waals surface area contributed by atoms with Crippen LogP contribution in [0.2, 0.25) is 0 Å². The van der Waals surface area contributed by atoms with Gasteiger partial charge in [-0.05, 0) is 24.6 Å². The summed E-state index contributed by atoms with van der Waals surface area (Å²) in [5, 5.41) is 1.39. The van der Waals surface area contributed by atoms with Crippen LogP contribution in [-0.2, 0) is 10.0 Å². The summed E-state index contributed by atoms with van der Waals surface area (Å²) in [5.41, 5.74) is 0.953. The van der Waals surface area contributed by atoms with E-state index in [1.54, 1.807) is 12.3 Å². The van der Waals surface area contributed by atoms with E-state index < -0.39 is 15.3 Å². The van der Waals surface area contributed by atoms with Crippen molar-refractivity contribution in [3.05, 3.63) is 82.6 Å². The van der Waals surface area contributed by atoms with Gasteiger partial charge in [-0.25, -0.2) is 8.42 Å². The molecule has 1 aliphatic rings. The van der Waals surface area contributed by atoms with E-state index in [4.69, 9.17) is 51.1 Å². The summed E-state index contributed by atoms with van der Waals surface area (Å²) in [6, 6.07) is 9.80. The molecule has 5 nitrogen and oxygen atoms in total. The SMILES string of the molecule is C=C(Cl)COc1cnc2ccccc2c1.CC.O=S(=O)(N/C=C/CCl)C1CC=C(Cl)C=C1Cl. The maximum atomic E-state index is 11.8. The zero-order valence-electron chi connectivity index (χ0n) is 18.3. The van der Waals surface area contributed by atoms with Crippen molar-refractivity contribution in [3.63, 3.8) is 0 Å². The average Bonchev–Trinajstić information content (AvgIpc) is 2.79. The maximum Gasteiger partial charge on any atom is 0.240 e. The van der Waals surface area contributed by atoms with Crippen LogP contribution in [0.5, 0.6) is 5.75 Å². The van der Waals surface area contributed by atoms with Crippen molar-refractivity contribution in [2.45, 2.75) is 25.5 Å². The number of hydrogen-bond acceptors (Lipinski definition) is 4. The number of benzene rings is 1. The van der Waals surface area contributed by atoms with Gasteiger partial charge < -0.3 is 4.74 Å². The second-order valence-corrected chi connectivity index (χ2v) is 9.84. The van der Waals surface area contributed by atoms with Crippen LogP contribution in [0.1, 0.15) is 20.3 Å². The van der Waals surface area contributed by atoms with Crippen LogP contribution in [-0.4, -0.2) is 31.1 Å². The van der Waals surface area contributed by atoms with Gasteiger partial charge in [0.2, 0.25) is 10.0 Å². The van der Waals surface area contributed by atoms with Crippen molar-refractivity contribution in [3.8, 4) is 5.75 Å². The summed E-state index contributed by atoms with van der Waals surface area (Å²) in [5.74, 6) is 0.943. The third kappa shape index (κ3) is 10.4. The fourth-order valence-electron chi connectivity index (χ4n) is 2.45. The number of pyridine rings is 1. The van der Waals surface area contributed by atoms with Gasteiger partial charge in [0.1, 0.15) is 17.6 Å². The molecule has 0 fully saturated rings. The minimum Gasteiger partial charge on any atom is -0.486 e. The molecule has 0 amide bonds. The van der Waals surface area contributed by atoms with E-state index in [0.717, 1.165) is 10.9 Å². The van der Waals surface area contributed by atoms with E-state index in [2.05, 4.69) is 16.3 Å². The molecular formula is C23H26Cl4N2O3S. The van der Waals surface area contributed by atoms with E-state index in [9.17, 15) is 8.42 Å². The highest BCUT2D eigenvalue weighted by atomic mass is 35.5. The fraction of sp³-hybridized carbons (Fsp3) is 0.261. The van der Waals surface area contributed by atoms with Crippen molar-refractivity contribution in [1.82, 2.24) is 9.71 Å². The first-order valence-corrected chi connectivity index (χ1v) is 13.2. The van der Waals surface area contributed by atoms with Crippen LogP contribution < -0.4 is 9.46 Å². The first-order chi connectivity index (χ1) is 15.7. The molecule has 0 bridgehead atoms. The molecule has 0 radical (unpaired) electrons. The summed E-state index contributed by atoms with van der Waals surface area (Å²) in [6.45, 7) is 7.86. The smallest absolute Gasteiger partial charge is 0.240 e. The summed E-state index contributed by atoms with van der Waals surface area (Å²) in [4.78, 5) is 4.26. The highest BCUT2D eigenvalue weighted by molar-refractivity contribution is 7.90. The van der Waals surface area contributed by atoms with Crippen LogP contribution >= 0.6 is 46.4 Å². The summed E-state index contributed by atoms with van der Waals surface area (Å²) in [6.07, 6.45) is 7.76. The Morgan fingerprint density at radius 3 is 2.64 bits per heavy atom. The molecule has 1 aromatic heterocycles. The lowest BCUT2D eigenvalue weighted by molar-refractivity contribution is 0.359. The van der Waals surface area contributed by atoms with E-state index in [1.165, 1.54) is 18.4 Å². The second kappa shape index (κ2) is 15.3. The third-order valence-corrected chi connectivity index (χ3v) is 6.60. The molecule has 10 heteroatoms. The second-order valence-electron chi connectivity index (χ2n) is 6.23. The molecule has 0 saturated heterocycles. The number of halogens is 4. The zero-order valence-corrected chi connectivity index (χ0v) is 22.1. The number of ether oxygens (including phenoxy) is 1. The summed E-state index contributed by atoms with van der Waals surface area (Å²) >= 11 is 22.5. The van der Waals surface area contributed by atoms with Gasteiger partial charge in [-0.15, -0.1) is 11.6 Å². The molecule has 0 spiro atoms. The van der Waals surface area contributed by atoms with Crippen molar-refractivity contribution < 1.29 is 13.2 Å². The quantitative estimate of drug-likeness (QED) is 0.374. The van der Waals surface area contributed by atoms with Crippen LogP contribution in [0, 0.1) is 0 Å². The van der Waals surface area contributed by atoms with E-state index >= 15 is 0 Å². The Kier molecular flexibility index (Phi) is 13.6. The number of hydrogen-bond donors (Lipinski definition) is 1. The molecule has 180 valence electrons. The normalized spacial score (nSPS) is 15.4. The lowest BCUT2D eigenvalue weighted by atomic mass is 10.2. The van der Waals surface area contributed by atoms with E-state index in [0.29, 0.717) is 22.4 Å². The number of sulfonamides is 1. The Balaban J connectivity index is 0.000000307. The molecule has 0 aliphatic heterocycles. The molecule has 1 unspecified atom stereocenters.